The SMILES string of the molecule is C=C(C)[C@@H]1CC[C@](C)(O)[C@H]1/C=C/C(C)=C/[C@@H]1C[C@@]2([C@H](OC)O1)[C@H](CCCO)/C(=C(/C)C=O)CC[C@]2(C)O. The number of hydrogen-bond donors (Lipinski definition) is 3. The van der Waals surface area contributed by atoms with Crippen molar-refractivity contribution in [1.82, 2.24) is 0 Å². The van der Waals surface area contributed by atoms with Crippen molar-refractivity contribution in [2.24, 2.45) is 23.2 Å². The quantitative estimate of drug-likeness (QED) is 0.172. The highest BCUT2D eigenvalue weighted by Crippen LogP contribution is 2.61. The molecule has 37 heavy (non-hydrogen) atoms. The molecule has 0 unspecified atom stereocenters. The van der Waals surface area contributed by atoms with Crippen molar-refractivity contribution in [3.8, 4) is 0 Å². The van der Waals surface area contributed by atoms with Gasteiger partial charge in [-0.05, 0) is 97.0 Å². The molecule has 3 N–H and O–H groups in total. The third-order valence-corrected chi connectivity index (χ3v) is 9.49. The zero-order chi connectivity index (χ0) is 27.6. The summed E-state index contributed by atoms with van der Waals surface area (Å²) in [6.07, 6.45) is 10.8. The molecule has 3 aliphatic rings. The van der Waals surface area contributed by atoms with Crippen molar-refractivity contribution >= 4 is 6.29 Å². The topological polar surface area (TPSA) is 96.2 Å². The largest absolute Gasteiger partial charge is 0.396 e. The Morgan fingerprint density at radius 3 is 2.51 bits per heavy atom. The maximum atomic E-state index is 11.8. The van der Waals surface area contributed by atoms with E-state index >= 15 is 0 Å². The van der Waals surface area contributed by atoms with Gasteiger partial charge in [-0.15, -0.1) is 0 Å². The van der Waals surface area contributed by atoms with Crippen LogP contribution in [0.1, 0.15) is 79.6 Å². The van der Waals surface area contributed by atoms with E-state index in [1.54, 1.807) is 7.11 Å². The van der Waals surface area contributed by atoms with E-state index in [4.69, 9.17) is 9.47 Å². The van der Waals surface area contributed by atoms with Crippen molar-refractivity contribution in [3.63, 3.8) is 0 Å². The van der Waals surface area contributed by atoms with Crippen LogP contribution in [0, 0.1) is 23.2 Å². The van der Waals surface area contributed by atoms with Crippen LogP contribution in [0.15, 0.2) is 47.1 Å². The zero-order valence-electron chi connectivity index (χ0n) is 23.6. The van der Waals surface area contributed by atoms with Gasteiger partial charge in [-0.3, -0.25) is 4.79 Å². The Morgan fingerprint density at radius 1 is 1.22 bits per heavy atom. The maximum absolute atomic E-state index is 11.8. The molecule has 8 atom stereocenters. The van der Waals surface area contributed by atoms with Gasteiger partial charge in [0.05, 0.1) is 22.7 Å². The van der Waals surface area contributed by atoms with Crippen LogP contribution in [0.2, 0.25) is 0 Å². The summed E-state index contributed by atoms with van der Waals surface area (Å²) in [4.78, 5) is 11.8. The Bertz CT molecular complexity index is 941. The molecule has 1 heterocycles. The first kappa shape index (κ1) is 30.0. The van der Waals surface area contributed by atoms with Gasteiger partial charge in [-0.25, -0.2) is 0 Å². The molecule has 0 bridgehead atoms. The van der Waals surface area contributed by atoms with Gasteiger partial charge in [0, 0.05) is 19.6 Å². The summed E-state index contributed by atoms with van der Waals surface area (Å²) >= 11 is 0. The molecule has 1 saturated heterocycles. The number of aliphatic hydroxyl groups excluding tert-OH is 1. The molecular formula is C31H48O6. The average molecular weight is 517 g/mol. The lowest BCUT2D eigenvalue weighted by Gasteiger charge is -2.54. The Balaban J connectivity index is 1.94. The van der Waals surface area contributed by atoms with E-state index in [9.17, 15) is 20.1 Å². The van der Waals surface area contributed by atoms with Crippen LogP contribution in [0.4, 0.5) is 0 Å². The zero-order valence-corrected chi connectivity index (χ0v) is 23.6. The summed E-state index contributed by atoms with van der Waals surface area (Å²) in [5, 5.41) is 32.3. The predicted octanol–water partition coefficient (Wildman–Crippen LogP) is 5.04. The Morgan fingerprint density at radius 2 is 1.92 bits per heavy atom. The van der Waals surface area contributed by atoms with Crippen molar-refractivity contribution in [1.29, 1.82) is 0 Å². The van der Waals surface area contributed by atoms with Gasteiger partial charge in [0.15, 0.2) is 6.29 Å². The number of aldehydes is 1. The second kappa shape index (κ2) is 11.7. The van der Waals surface area contributed by atoms with Crippen LogP contribution in [0.25, 0.3) is 0 Å². The minimum absolute atomic E-state index is 0.0110. The average Bonchev–Trinajstić information content (AvgIpc) is 3.35. The fourth-order valence-electron chi connectivity index (χ4n) is 7.37. The first-order valence-corrected chi connectivity index (χ1v) is 13.7. The second-order valence-electron chi connectivity index (χ2n) is 12.1. The van der Waals surface area contributed by atoms with Gasteiger partial charge in [-0.2, -0.15) is 0 Å². The van der Waals surface area contributed by atoms with Crippen molar-refractivity contribution in [3.05, 3.63) is 47.1 Å². The van der Waals surface area contributed by atoms with E-state index < -0.39 is 22.9 Å². The second-order valence-corrected chi connectivity index (χ2v) is 12.1. The number of hydrogen-bond acceptors (Lipinski definition) is 6. The molecular weight excluding hydrogens is 468 g/mol. The van der Waals surface area contributed by atoms with Crippen LogP contribution in [0.5, 0.6) is 0 Å². The molecule has 208 valence electrons. The van der Waals surface area contributed by atoms with Gasteiger partial charge < -0.3 is 24.8 Å². The molecule has 6 nitrogen and oxygen atoms in total. The van der Waals surface area contributed by atoms with Gasteiger partial charge in [-0.1, -0.05) is 41.5 Å². The fraction of sp³-hybridized carbons (Fsp3) is 0.710. The predicted molar refractivity (Wildman–Crippen MR) is 146 cm³/mol. The molecule has 2 aliphatic carbocycles. The molecule has 0 radical (unpaired) electrons. The van der Waals surface area contributed by atoms with Crippen LogP contribution in [-0.2, 0) is 14.3 Å². The summed E-state index contributed by atoms with van der Waals surface area (Å²) < 4.78 is 12.3. The van der Waals surface area contributed by atoms with E-state index in [0.29, 0.717) is 37.7 Å². The number of aliphatic hydroxyl groups is 3. The molecule has 0 aromatic rings. The third-order valence-electron chi connectivity index (χ3n) is 9.49. The molecule has 1 aliphatic heterocycles. The lowest BCUT2D eigenvalue weighted by Crippen LogP contribution is -2.59. The normalized spacial score (nSPS) is 42.1. The monoisotopic (exact) mass is 516 g/mol. The molecule has 0 aromatic carbocycles. The van der Waals surface area contributed by atoms with Crippen molar-refractivity contribution < 1.29 is 29.6 Å². The minimum atomic E-state index is -1.07. The Labute approximate surface area is 223 Å². The van der Waals surface area contributed by atoms with E-state index in [0.717, 1.165) is 35.8 Å². The van der Waals surface area contributed by atoms with E-state index in [1.165, 1.54) is 0 Å². The smallest absolute Gasteiger partial charge is 0.166 e. The van der Waals surface area contributed by atoms with Gasteiger partial charge in [0.1, 0.15) is 6.29 Å². The highest BCUT2D eigenvalue weighted by Gasteiger charge is 2.64. The van der Waals surface area contributed by atoms with Gasteiger partial charge in [0.2, 0.25) is 0 Å². The molecule has 2 saturated carbocycles. The number of allylic oxidation sites excluding steroid dienone is 5. The number of ether oxygens (including phenoxy) is 2. The summed E-state index contributed by atoms with van der Waals surface area (Å²) in [5.74, 6) is 0.133. The summed E-state index contributed by atoms with van der Waals surface area (Å²) in [6.45, 7) is 13.8. The first-order valence-electron chi connectivity index (χ1n) is 13.7. The van der Waals surface area contributed by atoms with Crippen molar-refractivity contribution in [2.75, 3.05) is 13.7 Å². The molecule has 0 aromatic heterocycles. The first-order chi connectivity index (χ1) is 17.3. The lowest BCUT2D eigenvalue weighted by molar-refractivity contribution is -0.231. The number of rotatable bonds is 9. The highest BCUT2D eigenvalue weighted by atomic mass is 16.7. The minimum Gasteiger partial charge on any atom is -0.396 e. The Kier molecular flexibility index (Phi) is 9.45. The molecule has 6 heteroatoms. The summed E-state index contributed by atoms with van der Waals surface area (Å²) in [7, 11) is 1.61. The van der Waals surface area contributed by atoms with Gasteiger partial charge >= 0.3 is 0 Å². The number of methoxy groups -OCH3 is 1. The van der Waals surface area contributed by atoms with E-state index in [2.05, 4.69) is 24.8 Å². The van der Waals surface area contributed by atoms with E-state index in [1.807, 2.05) is 34.6 Å². The maximum Gasteiger partial charge on any atom is 0.166 e. The van der Waals surface area contributed by atoms with Crippen LogP contribution in [-0.4, -0.2) is 58.9 Å². The highest BCUT2D eigenvalue weighted by molar-refractivity contribution is 5.74. The summed E-state index contributed by atoms with van der Waals surface area (Å²) in [6, 6.07) is 0. The van der Waals surface area contributed by atoms with Gasteiger partial charge in [0.25, 0.3) is 0 Å². The van der Waals surface area contributed by atoms with Crippen LogP contribution < -0.4 is 0 Å². The number of carbonyl (C=O) groups excluding carboxylic acids is 1. The molecule has 0 amide bonds. The number of carbonyl (C=O) groups is 1. The standard InChI is InChI=1S/C31H48O6/c1-20(2)24-12-14-29(5,34)26(24)11-10-21(3)17-23-18-31(28(36-7)37-23)27(9-8-16-32)25(22(4)19-33)13-15-30(31,6)35/h10-11,17,19,23-24,26-28,32,34-35H,1,8-9,12-16,18H2,2-7H3/b11-10+,21-17+,25-22-/t23-,24+,26+,27-,28-,29+,30+,31+/m1/s1. The molecule has 1 spiro atoms. The summed E-state index contributed by atoms with van der Waals surface area (Å²) in [5.41, 5.74) is 1.28. The third kappa shape index (κ3) is 5.74. The molecule has 3 fully saturated rings. The van der Waals surface area contributed by atoms with Crippen LogP contribution >= 0.6 is 0 Å². The van der Waals surface area contributed by atoms with E-state index in [-0.39, 0.29) is 30.5 Å². The van der Waals surface area contributed by atoms with Crippen molar-refractivity contribution in [2.45, 2.75) is 103 Å². The fourth-order valence-corrected chi connectivity index (χ4v) is 7.37. The molecule has 3 rings (SSSR count). The lowest BCUT2D eigenvalue weighted by atomic mass is 9.53. The van der Waals surface area contributed by atoms with Crippen LogP contribution in [0.3, 0.4) is 0 Å². The Hall–Kier alpha value is -1.57.